The number of aromatic nitrogens is 1. The lowest BCUT2D eigenvalue weighted by Gasteiger charge is -1.99. The van der Waals surface area contributed by atoms with Gasteiger partial charge in [-0.1, -0.05) is 32.3 Å². The fourth-order valence-corrected chi connectivity index (χ4v) is 2.29. The van der Waals surface area contributed by atoms with Gasteiger partial charge in [-0.05, 0) is 18.9 Å². The number of alkyl halides is 3. The Kier molecular flexibility index (Phi) is 6.21. The highest BCUT2D eigenvalue weighted by atomic mass is 32.1. The fraction of sp³-hybridized carbons (Fsp3) is 0.538. The molecular weight excluding hydrogens is 275 g/mol. The molecule has 0 amide bonds. The van der Waals surface area contributed by atoms with E-state index in [1.165, 1.54) is 19.0 Å². The van der Waals surface area contributed by atoms with E-state index < -0.39 is 17.0 Å². The predicted molar refractivity (Wildman–Crippen MR) is 70.3 cm³/mol. The fourth-order valence-electron chi connectivity index (χ4n) is 1.48. The van der Waals surface area contributed by atoms with E-state index in [4.69, 9.17) is 0 Å². The highest BCUT2D eigenvalue weighted by Gasteiger charge is 2.41. The van der Waals surface area contributed by atoms with Crippen LogP contribution in [-0.4, -0.2) is 16.9 Å². The molecule has 0 saturated heterocycles. The lowest BCUT2D eigenvalue weighted by atomic mass is 10.1. The van der Waals surface area contributed by atoms with E-state index in [0.29, 0.717) is 4.88 Å². The van der Waals surface area contributed by atoms with Crippen molar-refractivity contribution in [1.29, 1.82) is 0 Å². The van der Waals surface area contributed by atoms with Crippen molar-refractivity contribution in [1.82, 2.24) is 4.98 Å². The van der Waals surface area contributed by atoms with Crippen LogP contribution in [0.4, 0.5) is 13.2 Å². The minimum atomic E-state index is -4.85. The Labute approximate surface area is 114 Å². The molecule has 0 unspecified atom stereocenters. The number of ketones is 1. The molecule has 0 atom stereocenters. The largest absolute Gasteiger partial charge is 0.457 e. The predicted octanol–water partition coefficient (Wildman–Crippen LogP) is 4.87. The van der Waals surface area contributed by atoms with Gasteiger partial charge < -0.3 is 0 Å². The van der Waals surface area contributed by atoms with Gasteiger partial charge in [-0.2, -0.15) is 13.2 Å². The summed E-state index contributed by atoms with van der Waals surface area (Å²) in [7, 11) is 0. The van der Waals surface area contributed by atoms with Crippen LogP contribution in [-0.2, 0) is 0 Å². The van der Waals surface area contributed by atoms with Crippen molar-refractivity contribution >= 4 is 23.2 Å². The molecule has 0 saturated carbocycles. The molecule has 0 spiro atoms. The van der Waals surface area contributed by atoms with Gasteiger partial charge in [0.25, 0.3) is 5.78 Å². The Hall–Kier alpha value is -1.17. The van der Waals surface area contributed by atoms with Gasteiger partial charge in [0.05, 0.1) is 0 Å². The Morgan fingerprint density at radius 2 is 2.11 bits per heavy atom. The van der Waals surface area contributed by atoms with Gasteiger partial charge in [0.1, 0.15) is 0 Å². The lowest BCUT2D eigenvalue weighted by Crippen LogP contribution is -2.22. The van der Waals surface area contributed by atoms with Gasteiger partial charge in [-0.15, -0.1) is 11.3 Å². The zero-order valence-corrected chi connectivity index (χ0v) is 11.5. The molecule has 1 aromatic rings. The second-order valence-corrected chi connectivity index (χ2v) is 5.21. The highest BCUT2D eigenvalue weighted by Crippen LogP contribution is 2.25. The first kappa shape index (κ1) is 15.9. The van der Waals surface area contributed by atoms with E-state index in [0.717, 1.165) is 30.6 Å². The summed E-state index contributed by atoms with van der Waals surface area (Å²) in [6.07, 6.45) is 5.55. The minimum absolute atomic E-state index is 0.502. The maximum absolute atomic E-state index is 12.2. The molecule has 0 aliphatic carbocycles. The topological polar surface area (TPSA) is 30.0 Å². The second-order valence-electron chi connectivity index (χ2n) is 4.15. The van der Waals surface area contributed by atoms with Gasteiger partial charge in [-0.25, -0.2) is 4.98 Å². The first-order valence-electron chi connectivity index (χ1n) is 6.19. The van der Waals surface area contributed by atoms with Gasteiger partial charge in [-0.3, -0.25) is 4.79 Å². The summed E-state index contributed by atoms with van der Waals surface area (Å²) in [6.45, 7) is 2.13. The number of hydrogen-bond donors (Lipinski definition) is 0. The number of nitrogens with zero attached hydrogens (tertiary/aromatic N) is 1. The van der Waals surface area contributed by atoms with Crippen LogP contribution in [0.3, 0.4) is 0 Å². The number of carbonyl (C=O) groups is 1. The number of rotatable bonds is 7. The van der Waals surface area contributed by atoms with Crippen LogP contribution in [0.25, 0.3) is 6.08 Å². The van der Waals surface area contributed by atoms with Gasteiger partial charge in [0, 0.05) is 11.1 Å². The molecular formula is C13H16F3NOS. The van der Waals surface area contributed by atoms with Crippen molar-refractivity contribution < 1.29 is 18.0 Å². The summed E-state index contributed by atoms with van der Waals surface area (Å²) >= 11 is 0.769. The normalized spacial score (nSPS) is 12.2. The third kappa shape index (κ3) is 5.55. The van der Waals surface area contributed by atoms with Crippen molar-refractivity contribution in [3.05, 3.63) is 22.2 Å². The monoisotopic (exact) mass is 291 g/mol. The van der Waals surface area contributed by atoms with Crippen molar-refractivity contribution in [2.75, 3.05) is 0 Å². The lowest BCUT2D eigenvalue weighted by molar-refractivity contribution is -0.0885. The van der Waals surface area contributed by atoms with Crippen LogP contribution in [0, 0.1) is 0 Å². The molecule has 1 aromatic heterocycles. The van der Waals surface area contributed by atoms with E-state index in [9.17, 15) is 18.0 Å². The van der Waals surface area contributed by atoms with Gasteiger partial charge in [0.2, 0.25) is 0 Å². The Morgan fingerprint density at radius 3 is 2.74 bits per heavy atom. The molecule has 19 heavy (non-hydrogen) atoms. The van der Waals surface area contributed by atoms with E-state index in [1.54, 1.807) is 6.08 Å². The zero-order chi connectivity index (χ0) is 14.3. The van der Waals surface area contributed by atoms with Crippen LogP contribution in [0.5, 0.6) is 0 Å². The minimum Gasteiger partial charge on any atom is -0.281 e. The molecule has 0 N–H and O–H groups in total. The maximum atomic E-state index is 12.2. The van der Waals surface area contributed by atoms with E-state index in [1.807, 2.05) is 6.08 Å². The SMILES string of the molecule is CCCCCC/C=C/c1cnc(C(=O)C(F)(F)F)s1. The van der Waals surface area contributed by atoms with E-state index in [-0.39, 0.29) is 0 Å². The first-order chi connectivity index (χ1) is 8.95. The summed E-state index contributed by atoms with van der Waals surface area (Å²) in [6, 6.07) is 0. The number of unbranched alkanes of at least 4 members (excludes halogenated alkanes) is 4. The summed E-state index contributed by atoms with van der Waals surface area (Å²) in [4.78, 5) is 15.0. The molecule has 6 heteroatoms. The highest BCUT2D eigenvalue weighted by molar-refractivity contribution is 7.14. The van der Waals surface area contributed by atoms with Crippen LogP contribution < -0.4 is 0 Å². The number of thiazole rings is 1. The van der Waals surface area contributed by atoms with Crippen LogP contribution in [0.1, 0.15) is 53.7 Å². The molecule has 0 aliphatic heterocycles. The van der Waals surface area contributed by atoms with Crippen LogP contribution in [0.15, 0.2) is 12.3 Å². The van der Waals surface area contributed by atoms with E-state index >= 15 is 0 Å². The number of halogens is 3. The molecule has 0 bridgehead atoms. The van der Waals surface area contributed by atoms with Crippen molar-refractivity contribution in [2.24, 2.45) is 0 Å². The summed E-state index contributed by atoms with van der Waals surface area (Å²) in [5.41, 5.74) is 0. The first-order valence-corrected chi connectivity index (χ1v) is 7.00. The third-order valence-electron chi connectivity index (χ3n) is 2.48. The third-order valence-corrected chi connectivity index (χ3v) is 3.44. The molecule has 106 valence electrons. The number of Topliss-reactive ketones (excluding diaryl/α,β-unsaturated/α-hetero) is 1. The van der Waals surface area contributed by atoms with Crippen molar-refractivity contribution in [3.63, 3.8) is 0 Å². The Balaban J connectivity index is 2.47. The quantitative estimate of drug-likeness (QED) is 0.530. The maximum Gasteiger partial charge on any atom is 0.457 e. The second kappa shape index (κ2) is 7.43. The molecule has 0 aromatic carbocycles. The molecule has 0 radical (unpaired) electrons. The molecule has 2 nitrogen and oxygen atoms in total. The van der Waals surface area contributed by atoms with Gasteiger partial charge >= 0.3 is 6.18 Å². The van der Waals surface area contributed by atoms with Crippen molar-refractivity contribution in [2.45, 2.75) is 45.2 Å². The summed E-state index contributed by atoms with van der Waals surface area (Å²) < 4.78 is 36.5. The average molecular weight is 291 g/mol. The summed E-state index contributed by atoms with van der Waals surface area (Å²) in [5, 5.41) is -0.502. The Morgan fingerprint density at radius 1 is 1.37 bits per heavy atom. The molecule has 1 rings (SSSR count). The Bertz CT molecular complexity index is 437. The van der Waals surface area contributed by atoms with Crippen LogP contribution in [0.2, 0.25) is 0 Å². The molecule has 0 fully saturated rings. The van der Waals surface area contributed by atoms with E-state index in [2.05, 4.69) is 11.9 Å². The summed E-state index contributed by atoms with van der Waals surface area (Å²) in [5.74, 6) is -1.87. The number of allylic oxidation sites excluding steroid dienone is 1. The zero-order valence-electron chi connectivity index (χ0n) is 10.7. The smallest absolute Gasteiger partial charge is 0.281 e. The van der Waals surface area contributed by atoms with Crippen molar-refractivity contribution in [3.8, 4) is 0 Å². The average Bonchev–Trinajstić information content (AvgIpc) is 2.80. The van der Waals surface area contributed by atoms with Crippen LogP contribution >= 0.6 is 11.3 Å². The molecule has 0 aliphatic rings. The number of carbonyl (C=O) groups excluding carboxylic acids is 1. The standard InChI is InChI=1S/C13H16F3NOS/c1-2-3-4-5-6-7-8-10-9-17-12(19-10)11(18)13(14,15)16/h7-9H,2-6H2,1H3/b8-7+. The van der Waals surface area contributed by atoms with Gasteiger partial charge in [0.15, 0.2) is 5.01 Å². The molecule has 1 heterocycles. The number of hydrogen-bond acceptors (Lipinski definition) is 3.